The van der Waals surface area contributed by atoms with Crippen LogP contribution in [0.25, 0.3) is 0 Å². The van der Waals surface area contributed by atoms with E-state index in [2.05, 4.69) is 0 Å². The zero-order valence-corrected chi connectivity index (χ0v) is 10.4. The lowest BCUT2D eigenvalue weighted by atomic mass is 10.1. The van der Waals surface area contributed by atoms with Gasteiger partial charge in [0.1, 0.15) is 0 Å². The number of carbonyl (C=O) groups is 1. The van der Waals surface area contributed by atoms with Gasteiger partial charge in [-0.25, -0.2) is 0 Å². The highest BCUT2D eigenvalue weighted by molar-refractivity contribution is 5.85. The highest BCUT2D eigenvalue weighted by Gasteiger charge is 2.19. The normalized spacial score (nSPS) is 9.88. The van der Waals surface area contributed by atoms with Crippen LogP contribution in [0.15, 0.2) is 6.07 Å². The van der Waals surface area contributed by atoms with Gasteiger partial charge in [0.2, 0.25) is 5.75 Å². The van der Waals surface area contributed by atoms with E-state index in [4.69, 9.17) is 18.9 Å². The summed E-state index contributed by atoms with van der Waals surface area (Å²) in [5, 5.41) is 0. The van der Waals surface area contributed by atoms with Gasteiger partial charge >= 0.3 is 0 Å². The molecule has 0 aliphatic rings. The molecule has 0 aliphatic carbocycles. The van der Waals surface area contributed by atoms with E-state index < -0.39 is 0 Å². The van der Waals surface area contributed by atoms with Gasteiger partial charge < -0.3 is 18.9 Å². The summed E-state index contributed by atoms with van der Waals surface area (Å²) in [5.74, 6) is 1.26. The molecule has 1 rings (SSSR count). The van der Waals surface area contributed by atoms with Crippen LogP contribution in [-0.2, 0) is 11.3 Å². The molecular weight excluding hydrogens is 224 g/mol. The molecule has 0 saturated carbocycles. The maximum atomic E-state index is 11.1. The zero-order chi connectivity index (χ0) is 12.8. The summed E-state index contributed by atoms with van der Waals surface area (Å²) in [5.41, 5.74) is 1.10. The Balaban J connectivity index is 3.48. The molecule has 17 heavy (non-hydrogen) atoms. The van der Waals surface area contributed by atoms with Crippen LogP contribution in [-0.4, -0.2) is 34.7 Å². The number of rotatable bonds is 6. The lowest BCUT2D eigenvalue weighted by Crippen LogP contribution is -2.03. The molecule has 1 aromatic rings. The molecule has 5 heteroatoms. The number of carbonyl (C=O) groups excluding carboxylic acids is 1. The Bertz CT molecular complexity index is 400. The van der Waals surface area contributed by atoms with Crippen molar-refractivity contribution >= 4 is 6.29 Å². The fraction of sp³-hybridized carbons (Fsp3) is 0.417. The topological polar surface area (TPSA) is 54.0 Å². The van der Waals surface area contributed by atoms with Gasteiger partial charge in [-0.05, 0) is 11.6 Å². The average molecular weight is 240 g/mol. The Labute approximate surface area is 100 Å². The quantitative estimate of drug-likeness (QED) is 0.708. The van der Waals surface area contributed by atoms with E-state index in [-0.39, 0.29) is 0 Å². The van der Waals surface area contributed by atoms with Gasteiger partial charge in [-0.2, -0.15) is 0 Å². The third-order valence-corrected chi connectivity index (χ3v) is 2.37. The number of hydrogen-bond donors (Lipinski definition) is 0. The van der Waals surface area contributed by atoms with Crippen molar-refractivity contribution in [3.05, 3.63) is 17.2 Å². The van der Waals surface area contributed by atoms with Crippen molar-refractivity contribution in [3.63, 3.8) is 0 Å². The summed E-state index contributed by atoms with van der Waals surface area (Å²) in [4.78, 5) is 11.1. The highest BCUT2D eigenvalue weighted by Crippen LogP contribution is 2.41. The molecule has 0 N–H and O–H groups in total. The molecule has 0 heterocycles. The second-order valence-electron chi connectivity index (χ2n) is 3.27. The molecule has 0 bridgehead atoms. The Kier molecular flexibility index (Phi) is 4.78. The van der Waals surface area contributed by atoms with E-state index >= 15 is 0 Å². The summed E-state index contributed by atoms with van der Waals surface area (Å²) >= 11 is 0. The van der Waals surface area contributed by atoms with E-state index in [1.165, 1.54) is 21.3 Å². The molecule has 94 valence electrons. The van der Waals surface area contributed by atoms with Crippen molar-refractivity contribution in [1.29, 1.82) is 0 Å². The first-order chi connectivity index (χ1) is 8.23. The van der Waals surface area contributed by atoms with Crippen molar-refractivity contribution in [3.8, 4) is 17.2 Å². The fourth-order valence-electron chi connectivity index (χ4n) is 1.63. The van der Waals surface area contributed by atoms with E-state index in [9.17, 15) is 4.79 Å². The number of methoxy groups -OCH3 is 4. The van der Waals surface area contributed by atoms with Crippen LogP contribution in [0.5, 0.6) is 17.2 Å². The smallest absolute Gasteiger partial charge is 0.204 e. The molecule has 0 unspecified atom stereocenters. The predicted molar refractivity (Wildman–Crippen MR) is 62.2 cm³/mol. The molecule has 0 saturated heterocycles. The van der Waals surface area contributed by atoms with Gasteiger partial charge in [-0.15, -0.1) is 0 Å². The Morgan fingerprint density at radius 3 is 2.12 bits per heavy atom. The summed E-state index contributed by atoms with van der Waals surface area (Å²) in [7, 11) is 6.04. The number of hydrogen-bond acceptors (Lipinski definition) is 5. The first kappa shape index (κ1) is 13.3. The predicted octanol–water partition coefficient (Wildman–Crippen LogP) is 1.67. The number of ether oxygens (including phenoxy) is 4. The Morgan fingerprint density at radius 1 is 1.06 bits per heavy atom. The van der Waals surface area contributed by atoms with Gasteiger partial charge in [0.05, 0.1) is 33.5 Å². The van der Waals surface area contributed by atoms with Gasteiger partial charge in [-0.1, -0.05) is 0 Å². The minimum absolute atomic E-state index is 0.296. The molecule has 0 radical (unpaired) electrons. The summed E-state index contributed by atoms with van der Waals surface area (Å²) in [6, 6.07) is 1.70. The van der Waals surface area contributed by atoms with Crippen LogP contribution >= 0.6 is 0 Å². The lowest BCUT2D eigenvalue weighted by Gasteiger charge is -2.16. The third-order valence-electron chi connectivity index (χ3n) is 2.37. The van der Waals surface area contributed by atoms with Crippen LogP contribution in [0.2, 0.25) is 0 Å². The standard InChI is InChI=1S/C12H16O5/c1-14-7-8-5-10(15-2)12(17-4)11(16-3)9(8)6-13/h5-6H,7H2,1-4H3. The van der Waals surface area contributed by atoms with Crippen molar-refractivity contribution in [2.75, 3.05) is 28.4 Å². The molecule has 0 aromatic heterocycles. The SMILES string of the molecule is COCc1cc(OC)c(OC)c(OC)c1C=O. The van der Waals surface area contributed by atoms with Crippen molar-refractivity contribution in [2.24, 2.45) is 0 Å². The van der Waals surface area contributed by atoms with Gasteiger partial charge in [0.15, 0.2) is 17.8 Å². The Morgan fingerprint density at radius 2 is 1.71 bits per heavy atom. The molecule has 0 fully saturated rings. The minimum Gasteiger partial charge on any atom is -0.493 e. The highest BCUT2D eigenvalue weighted by atomic mass is 16.5. The molecule has 0 atom stereocenters. The summed E-state index contributed by atoms with van der Waals surface area (Å²) < 4.78 is 20.6. The molecule has 0 amide bonds. The second kappa shape index (κ2) is 6.10. The fourth-order valence-corrected chi connectivity index (χ4v) is 1.63. The third kappa shape index (κ3) is 2.50. The first-order valence-corrected chi connectivity index (χ1v) is 4.99. The van der Waals surface area contributed by atoms with Gasteiger partial charge in [0, 0.05) is 7.11 Å². The molecule has 0 aliphatic heterocycles. The van der Waals surface area contributed by atoms with E-state index in [1.807, 2.05) is 0 Å². The molecule has 1 aromatic carbocycles. The maximum Gasteiger partial charge on any atom is 0.204 e. The van der Waals surface area contributed by atoms with Crippen LogP contribution < -0.4 is 14.2 Å². The largest absolute Gasteiger partial charge is 0.493 e. The van der Waals surface area contributed by atoms with Gasteiger partial charge in [-0.3, -0.25) is 4.79 Å². The van der Waals surface area contributed by atoms with Crippen molar-refractivity contribution < 1.29 is 23.7 Å². The lowest BCUT2D eigenvalue weighted by molar-refractivity contribution is 0.111. The van der Waals surface area contributed by atoms with Crippen LogP contribution in [0.3, 0.4) is 0 Å². The van der Waals surface area contributed by atoms with Gasteiger partial charge in [0.25, 0.3) is 0 Å². The molecule has 5 nitrogen and oxygen atoms in total. The van der Waals surface area contributed by atoms with Crippen molar-refractivity contribution in [1.82, 2.24) is 0 Å². The van der Waals surface area contributed by atoms with E-state index in [0.717, 1.165) is 6.29 Å². The minimum atomic E-state index is 0.296. The van der Waals surface area contributed by atoms with E-state index in [0.29, 0.717) is 35.0 Å². The molecular formula is C12H16O5. The molecule has 0 spiro atoms. The maximum absolute atomic E-state index is 11.1. The summed E-state index contributed by atoms with van der Waals surface area (Å²) in [6.07, 6.45) is 0.717. The monoisotopic (exact) mass is 240 g/mol. The number of aldehydes is 1. The van der Waals surface area contributed by atoms with E-state index in [1.54, 1.807) is 13.2 Å². The average Bonchev–Trinajstić information content (AvgIpc) is 2.37. The second-order valence-corrected chi connectivity index (χ2v) is 3.27. The zero-order valence-electron chi connectivity index (χ0n) is 10.4. The summed E-state index contributed by atoms with van der Waals surface area (Å²) in [6.45, 7) is 0.296. The Hall–Kier alpha value is -1.75. The van der Waals surface area contributed by atoms with Crippen LogP contribution in [0, 0.1) is 0 Å². The first-order valence-electron chi connectivity index (χ1n) is 4.99. The van der Waals surface area contributed by atoms with Crippen LogP contribution in [0.4, 0.5) is 0 Å². The van der Waals surface area contributed by atoms with Crippen molar-refractivity contribution in [2.45, 2.75) is 6.61 Å². The number of benzene rings is 1. The van der Waals surface area contributed by atoms with Crippen LogP contribution in [0.1, 0.15) is 15.9 Å².